The SMILES string of the molecule is N#Cc1ccc2c(c1)N=C(C1CCNCC1)C2. The Labute approximate surface area is 101 Å². The molecule has 2 aliphatic rings. The highest BCUT2D eigenvalue weighted by molar-refractivity contribution is 5.95. The molecular formula is C14H15N3. The Morgan fingerprint density at radius 2 is 2.12 bits per heavy atom. The lowest BCUT2D eigenvalue weighted by Crippen LogP contribution is -2.31. The van der Waals surface area contributed by atoms with Gasteiger partial charge in [0.25, 0.3) is 0 Å². The van der Waals surface area contributed by atoms with Crippen molar-refractivity contribution in [3.8, 4) is 6.07 Å². The molecule has 3 rings (SSSR count). The van der Waals surface area contributed by atoms with Crippen LogP contribution in [0.3, 0.4) is 0 Å². The fraction of sp³-hybridized carbons (Fsp3) is 0.429. The molecule has 0 saturated carbocycles. The minimum Gasteiger partial charge on any atom is -0.317 e. The molecular weight excluding hydrogens is 210 g/mol. The van der Waals surface area contributed by atoms with Gasteiger partial charge in [-0.15, -0.1) is 0 Å². The normalized spacial score (nSPS) is 19.6. The number of aliphatic imine (C=N–C) groups is 1. The Morgan fingerprint density at radius 3 is 2.88 bits per heavy atom. The molecule has 0 amide bonds. The number of piperidine rings is 1. The molecule has 0 radical (unpaired) electrons. The van der Waals surface area contributed by atoms with Gasteiger partial charge in [0, 0.05) is 18.1 Å². The third-order valence-electron chi connectivity index (χ3n) is 3.66. The van der Waals surface area contributed by atoms with Crippen molar-refractivity contribution in [2.45, 2.75) is 19.3 Å². The number of nitrogens with one attached hydrogen (secondary N) is 1. The third kappa shape index (κ3) is 1.96. The summed E-state index contributed by atoms with van der Waals surface area (Å²) >= 11 is 0. The summed E-state index contributed by atoms with van der Waals surface area (Å²) < 4.78 is 0. The predicted octanol–water partition coefficient (Wildman–Crippen LogP) is 2.19. The van der Waals surface area contributed by atoms with Crippen LogP contribution in [0, 0.1) is 17.2 Å². The lowest BCUT2D eigenvalue weighted by molar-refractivity contribution is 0.454. The summed E-state index contributed by atoms with van der Waals surface area (Å²) in [5.74, 6) is 0.634. The molecule has 0 aromatic heterocycles. The van der Waals surface area contributed by atoms with E-state index in [0.717, 1.165) is 25.2 Å². The first-order valence-corrected chi connectivity index (χ1v) is 6.18. The Bertz CT molecular complexity index is 505. The van der Waals surface area contributed by atoms with Gasteiger partial charge in [-0.25, -0.2) is 0 Å². The maximum absolute atomic E-state index is 8.88. The standard InChI is InChI=1S/C14H15N3/c15-9-10-1-2-12-8-14(17-13(12)7-10)11-3-5-16-6-4-11/h1-2,7,11,16H,3-6,8H2. The Morgan fingerprint density at radius 1 is 1.29 bits per heavy atom. The van der Waals surface area contributed by atoms with E-state index in [1.54, 1.807) is 0 Å². The van der Waals surface area contributed by atoms with Crippen LogP contribution in [-0.4, -0.2) is 18.8 Å². The van der Waals surface area contributed by atoms with E-state index in [1.807, 2.05) is 18.2 Å². The van der Waals surface area contributed by atoms with Crippen LogP contribution in [0.25, 0.3) is 0 Å². The van der Waals surface area contributed by atoms with Crippen molar-refractivity contribution in [2.24, 2.45) is 10.9 Å². The Hall–Kier alpha value is -1.66. The van der Waals surface area contributed by atoms with E-state index in [0.29, 0.717) is 11.5 Å². The van der Waals surface area contributed by atoms with Crippen LogP contribution >= 0.6 is 0 Å². The summed E-state index contributed by atoms with van der Waals surface area (Å²) in [4.78, 5) is 4.72. The quantitative estimate of drug-likeness (QED) is 0.796. The average molecular weight is 225 g/mol. The third-order valence-corrected chi connectivity index (χ3v) is 3.66. The zero-order chi connectivity index (χ0) is 11.7. The van der Waals surface area contributed by atoms with Crippen LogP contribution in [-0.2, 0) is 6.42 Å². The van der Waals surface area contributed by atoms with Crippen LogP contribution in [0.4, 0.5) is 5.69 Å². The van der Waals surface area contributed by atoms with Gasteiger partial charge in [-0.3, -0.25) is 4.99 Å². The number of hydrogen-bond donors (Lipinski definition) is 1. The summed E-state index contributed by atoms with van der Waals surface area (Å²) in [6.07, 6.45) is 3.36. The van der Waals surface area contributed by atoms with Crippen LogP contribution < -0.4 is 5.32 Å². The van der Waals surface area contributed by atoms with Gasteiger partial charge in [0.15, 0.2) is 0 Å². The van der Waals surface area contributed by atoms with Gasteiger partial charge >= 0.3 is 0 Å². The largest absolute Gasteiger partial charge is 0.317 e. The van der Waals surface area contributed by atoms with Gasteiger partial charge in [-0.2, -0.15) is 5.26 Å². The molecule has 1 aromatic rings. The zero-order valence-corrected chi connectivity index (χ0v) is 9.74. The van der Waals surface area contributed by atoms with Gasteiger partial charge < -0.3 is 5.32 Å². The highest BCUT2D eigenvalue weighted by Gasteiger charge is 2.24. The second-order valence-corrected chi connectivity index (χ2v) is 4.76. The van der Waals surface area contributed by atoms with Gasteiger partial charge in [0.1, 0.15) is 0 Å². The maximum atomic E-state index is 8.88. The molecule has 0 spiro atoms. The first kappa shape index (κ1) is 10.5. The second kappa shape index (κ2) is 4.31. The molecule has 0 bridgehead atoms. The average Bonchev–Trinajstić information content (AvgIpc) is 2.82. The molecule has 2 aliphatic heterocycles. The molecule has 0 atom stereocenters. The van der Waals surface area contributed by atoms with Gasteiger partial charge in [0.2, 0.25) is 0 Å². The molecule has 1 fully saturated rings. The predicted molar refractivity (Wildman–Crippen MR) is 67.5 cm³/mol. The molecule has 0 unspecified atom stereocenters. The van der Waals surface area contributed by atoms with Crippen LogP contribution in [0.1, 0.15) is 24.0 Å². The molecule has 17 heavy (non-hydrogen) atoms. The van der Waals surface area contributed by atoms with E-state index in [2.05, 4.69) is 11.4 Å². The molecule has 3 heteroatoms. The Kier molecular flexibility index (Phi) is 2.66. The summed E-state index contributed by atoms with van der Waals surface area (Å²) in [6.45, 7) is 2.20. The topological polar surface area (TPSA) is 48.2 Å². The summed E-state index contributed by atoms with van der Waals surface area (Å²) in [5, 5.41) is 12.3. The van der Waals surface area contributed by atoms with E-state index < -0.39 is 0 Å². The number of nitriles is 1. The van der Waals surface area contributed by atoms with Crippen molar-refractivity contribution in [1.29, 1.82) is 5.26 Å². The van der Waals surface area contributed by atoms with E-state index in [1.165, 1.54) is 24.1 Å². The summed E-state index contributed by atoms with van der Waals surface area (Å²) in [6, 6.07) is 8.01. The van der Waals surface area contributed by atoms with Crippen molar-refractivity contribution in [2.75, 3.05) is 13.1 Å². The van der Waals surface area contributed by atoms with Crippen LogP contribution in [0.2, 0.25) is 0 Å². The molecule has 86 valence electrons. The molecule has 1 saturated heterocycles. The zero-order valence-electron chi connectivity index (χ0n) is 9.74. The van der Waals surface area contributed by atoms with Gasteiger partial charge in [-0.1, -0.05) is 6.07 Å². The number of benzene rings is 1. The lowest BCUT2D eigenvalue weighted by Gasteiger charge is -2.22. The van der Waals surface area contributed by atoms with Crippen molar-refractivity contribution in [3.63, 3.8) is 0 Å². The minimum atomic E-state index is 0.634. The van der Waals surface area contributed by atoms with Crippen LogP contribution in [0.15, 0.2) is 23.2 Å². The monoisotopic (exact) mass is 225 g/mol. The van der Waals surface area contributed by atoms with Crippen molar-refractivity contribution < 1.29 is 0 Å². The maximum Gasteiger partial charge on any atom is 0.0992 e. The van der Waals surface area contributed by atoms with Crippen molar-refractivity contribution in [3.05, 3.63) is 29.3 Å². The fourth-order valence-electron chi connectivity index (χ4n) is 2.67. The van der Waals surface area contributed by atoms with Crippen molar-refractivity contribution in [1.82, 2.24) is 5.32 Å². The molecule has 2 heterocycles. The second-order valence-electron chi connectivity index (χ2n) is 4.76. The highest BCUT2D eigenvalue weighted by atomic mass is 14.9. The van der Waals surface area contributed by atoms with E-state index in [-0.39, 0.29) is 0 Å². The summed E-state index contributed by atoms with van der Waals surface area (Å²) in [5.41, 5.74) is 4.31. The van der Waals surface area contributed by atoms with E-state index in [4.69, 9.17) is 10.3 Å². The minimum absolute atomic E-state index is 0.634. The number of hydrogen-bond acceptors (Lipinski definition) is 3. The first-order valence-electron chi connectivity index (χ1n) is 6.18. The number of nitrogens with zero attached hydrogens (tertiary/aromatic N) is 2. The smallest absolute Gasteiger partial charge is 0.0992 e. The van der Waals surface area contributed by atoms with E-state index >= 15 is 0 Å². The first-order chi connectivity index (χ1) is 8.36. The van der Waals surface area contributed by atoms with E-state index in [9.17, 15) is 0 Å². The van der Waals surface area contributed by atoms with Gasteiger partial charge in [-0.05, 0) is 43.6 Å². The molecule has 0 aliphatic carbocycles. The fourth-order valence-corrected chi connectivity index (χ4v) is 2.67. The lowest BCUT2D eigenvalue weighted by atomic mass is 9.90. The van der Waals surface area contributed by atoms with Crippen LogP contribution in [0.5, 0.6) is 0 Å². The van der Waals surface area contributed by atoms with Gasteiger partial charge in [0.05, 0.1) is 17.3 Å². The molecule has 3 nitrogen and oxygen atoms in total. The summed E-state index contributed by atoms with van der Waals surface area (Å²) in [7, 11) is 0. The molecule has 1 aromatic carbocycles. The van der Waals surface area contributed by atoms with Crippen molar-refractivity contribution >= 4 is 11.4 Å². The number of rotatable bonds is 1. The number of fused-ring (bicyclic) bond motifs is 1. The highest BCUT2D eigenvalue weighted by Crippen LogP contribution is 2.31. The molecule has 1 N–H and O–H groups in total. The Balaban J connectivity index is 1.85.